The van der Waals surface area contributed by atoms with Gasteiger partial charge in [0, 0.05) is 46.3 Å². The van der Waals surface area contributed by atoms with Crippen LogP contribution in [-0.2, 0) is 4.74 Å². The topological polar surface area (TPSA) is 36.0 Å². The molecule has 1 aliphatic rings. The summed E-state index contributed by atoms with van der Waals surface area (Å²) in [6.45, 7) is 11.7. The number of hydrogen-bond donors (Lipinski definition) is 0. The highest BCUT2D eigenvalue weighted by Gasteiger charge is 2.20. The van der Waals surface area contributed by atoms with Gasteiger partial charge in [-0.2, -0.15) is 0 Å². The highest BCUT2D eigenvalue weighted by Crippen LogP contribution is 2.09. The van der Waals surface area contributed by atoms with Crippen LogP contribution in [0.15, 0.2) is 0 Å². The van der Waals surface area contributed by atoms with Crippen molar-refractivity contribution in [3.8, 4) is 0 Å². The van der Waals surface area contributed by atoms with Crippen LogP contribution >= 0.6 is 0 Å². The highest BCUT2D eigenvalue weighted by molar-refractivity contribution is 5.67. The number of hydrogen-bond acceptors (Lipinski definition) is 4. The first kappa shape index (κ1) is 15.2. The fraction of sp³-hybridized carbons (Fsp3) is 0.923. The van der Waals surface area contributed by atoms with Gasteiger partial charge in [-0.3, -0.25) is 4.90 Å². The largest absolute Gasteiger partial charge is 0.444 e. The number of carbonyl (C=O) groups is 1. The summed E-state index contributed by atoms with van der Waals surface area (Å²) < 4.78 is 5.32. The van der Waals surface area contributed by atoms with E-state index in [1.54, 1.807) is 11.9 Å². The fourth-order valence-electron chi connectivity index (χ4n) is 1.79. The average Bonchev–Trinajstić information content (AvgIpc) is 2.25. The minimum Gasteiger partial charge on any atom is -0.444 e. The number of rotatable bonds is 3. The first-order valence-electron chi connectivity index (χ1n) is 6.63. The van der Waals surface area contributed by atoms with Crippen LogP contribution in [0.3, 0.4) is 0 Å². The summed E-state index contributed by atoms with van der Waals surface area (Å²) in [4.78, 5) is 18.1. The van der Waals surface area contributed by atoms with Gasteiger partial charge in [0.05, 0.1) is 0 Å². The summed E-state index contributed by atoms with van der Waals surface area (Å²) in [5.74, 6) is 0. The van der Waals surface area contributed by atoms with Crippen LogP contribution in [0.25, 0.3) is 0 Å². The van der Waals surface area contributed by atoms with Crippen molar-refractivity contribution in [3.63, 3.8) is 0 Å². The second kappa shape index (κ2) is 6.38. The van der Waals surface area contributed by atoms with Crippen molar-refractivity contribution in [2.75, 3.05) is 53.4 Å². The number of piperazine rings is 1. The van der Waals surface area contributed by atoms with Crippen LogP contribution in [0.1, 0.15) is 20.8 Å². The van der Waals surface area contributed by atoms with Gasteiger partial charge in [-0.1, -0.05) is 0 Å². The smallest absolute Gasteiger partial charge is 0.410 e. The van der Waals surface area contributed by atoms with Crippen molar-refractivity contribution in [2.24, 2.45) is 0 Å². The molecular formula is C13H27N3O2. The molecule has 0 radical (unpaired) electrons. The Bertz CT molecular complexity index is 268. The van der Waals surface area contributed by atoms with Crippen molar-refractivity contribution in [3.05, 3.63) is 0 Å². The lowest BCUT2D eigenvalue weighted by Crippen LogP contribution is -2.47. The summed E-state index contributed by atoms with van der Waals surface area (Å²) in [5, 5.41) is 0. The Morgan fingerprint density at radius 1 is 1.22 bits per heavy atom. The van der Waals surface area contributed by atoms with E-state index in [9.17, 15) is 4.79 Å². The maximum atomic E-state index is 11.8. The zero-order valence-electron chi connectivity index (χ0n) is 12.4. The Labute approximate surface area is 111 Å². The molecule has 1 fully saturated rings. The van der Waals surface area contributed by atoms with Gasteiger partial charge in [0.2, 0.25) is 0 Å². The Kier molecular flexibility index (Phi) is 5.41. The van der Waals surface area contributed by atoms with Gasteiger partial charge in [0.15, 0.2) is 0 Å². The molecule has 1 aliphatic heterocycles. The van der Waals surface area contributed by atoms with Crippen LogP contribution in [-0.4, -0.2) is 79.8 Å². The number of amides is 1. The second-order valence-corrected chi connectivity index (χ2v) is 6.05. The number of carbonyl (C=O) groups excluding carboxylic acids is 1. The summed E-state index contributed by atoms with van der Waals surface area (Å²) in [6.07, 6.45) is -0.239. The Balaban J connectivity index is 2.24. The summed E-state index contributed by atoms with van der Waals surface area (Å²) >= 11 is 0. The maximum absolute atomic E-state index is 11.8. The molecule has 0 aromatic carbocycles. The maximum Gasteiger partial charge on any atom is 0.410 e. The lowest BCUT2D eigenvalue weighted by molar-refractivity contribution is 0.0274. The van der Waals surface area contributed by atoms with E-state index in [2.05, 4.69) is 16.8 Å². The van der Waals surface area contributed by atoms with Gasteiger partial charge in [-0.25, -0.2) is 4.79 Å². The van der Waals surface area contributed by atoms with Crippen molar-refractivity contribution in [2.45, 2.75) is 26.4 Å². The molecule has 0 atom stereocenters. The third kappa shape index (κ3) is 5.69. The average molecular weight is 257 g/mol. The van der Waals surface area contributed by atoms with E-state index in [0.717, 1.165) is 39.3 Å². The SMILES string of the molecule is CN1CCN(CCN(C)C(=O)OC(C)(C)C)CC1. The lowest BCUT2D eigenvalue weighted by Gasteiger charge is -2.33. The molecule has 1 amide bonds. The van der Waals surface area contributed by atoms with Gasteiger partial charge in [-0.05, 0) is 27.8 Å². The fourth-order valence-corrected chi connectivity index (χ4v) is 1.79. The molecule has 0 aromatic rings. The minimum atomic E-state index is -0.417. The van der Waals surface area contributed by atoms with Crippen LogP contribution in [0, 0.1) is 0 Å². The molecule has 0 bridgehead atoms. The van der Waals surface area contributed by atoms with Gasteiger partial charge in [0.1, 0.15) is 5.60 Å². The van der Waals surface area contributed by atoms with Crippen LogP contribution in [0.5, 0.6) is 0 Å². The summed E-state index contributed by atoms with van der Waals surface area (Å²) in [7, 11) is 3.94. The zero-order chi connectivity index (χ0) is 13.8. The van der Waals surface area contributed by atoms with Gasteiger partial charge in [0.25, 0.3) is 0 Å². The number of nitrogens with zero attached hydrogens (tertiary/aromatic N) is 3. The molecule has 5 heteroatoms. The Morgan fingerprint density at radius 2 is 1.78 bits per heavy atom. The van der Waals surface area contributed by atoms with Crippen molar-refractivity contribution in [1.29, 1.82) is 0 Å². The van der Waals surface area contributed by atoms with E-state index in [1.807, 2.05) is 20.8 Å². The lowest BCUT2D eigenvalue weighted by atomic mass is 10.2. The molecule has 1 saturated heterocycles. The molecule has 0 aliphatic carbocycles. The zero-order valence-corrected chi connectivity index (χ0v) is 12.4. The normalized spacial score (nSPS) is 18.7. The molecular weight excluding hydrogens is 230 g/mol. The molecule has 1 rings (SSSR count). The predicted octanol–water partition coefficient (Wildman–Crippen LogP) is 1.10. The van der Waals surface area contributed by atoms with Crippen molar-refractivity contribution >= 4 is 6.09 Å². The summed E-state index contributed by atoms with van der Waals surface area (Å²) in [6, 6.07) is 0. The molecule has 5 nitrogen and oxygen atoms in total. The van der Waals surface area contributed by atoms with Crippen LogP contribution in [0.2, 0.25) is 0 Å². The van der Waals surface area contributed by atoms with E-state index in [1.165, 1.54) is 0 Å². The molecule has 1 heterocycles. The first-order chi connectivity index (χ1) is 8.28. The Hall–Kier alpha value is -0.810. The van der Waals surface area contributed by atoms with E-state index in [0.29, 0.717) is 0 Å². The molecule has 0 aromatic heterocycles. The first-order valence-corrected chi connectivity index (χ1v) is 6.63. The number of ether oxygens (including phenoxy) is 1. The molecule has 106 valence electrons. The standard InChI is InChI=1S/C13H27N3O2/c1-13(2,3)18-12(17)15(5)8-11-16-9-6-14(4)7-10-16/h6-11H2,1-5H3. The number of likely N-dealkylation sites (N-methyl/N-ethyl adjacent to an activating group) is 2. The monoisotopic (exact) mass is 257 g/mol. The molecule has 0 spiro atoms. The van der Waals surface area contributed by atoms with Crippen molar-refractivity contribution < 1.29 is 9.53 Å². The van der Waals surface area contributed by atoms with E-state index < -0.39 is 5.60 Å². The Morgan fingerprint density at radius 3 is 2.28 bits per heavy atom. The van der Waals surface area contributed by atoms with Gasteiger partial charge < -0.3 is 14.5 Å². The summed E-state index contributed by atoms with van der Waals surface area (Å²) in [5.41, 5.74) is -0.417. The second-order valence-electron chi connectivity index (χ2n) is 6.05. The quantitative estimate of drug-likeness (QED) is 0.758. The van der Waals surface area contributed by atoms with E-state index in [4.69, 9.17) is 4.74 Å². The van der Waals surface area contributed by atoms with Crippen molar-refractivity contribution in [1.82, 2.24) is 14.7 Å². The molecule has 0 N–H and O–H groups in total. The highest BCUT2D eigenvalue weighted by atomic mass is 16.6. The van der Waals surface area contributed by atoms with E-state index in [-0.39, 0.29) is 6.09 Å². The third-order valence-corrected chi connectivity index (χ3v) is 3.05. The van der Waals surface area contributed by atoms with E-state index >= 15 is 0 Å². The molecule has 0 saturated carbocycles. The third-order valence-electron chi connectivity index (χ3n) is 3.05. The van der Waals surface area contributed by atoms with Crippen LogP contribution in [0.4, 0.5) is 4.79 Å². The van der Waals surface area contributed by atoms with Crippen LogP contribution < -0.4 is 0 Å². The molecule has 0 unspecified atom stereocenters. The minimum absolute atomic E-state index is 0.239. The van der Waals surface area contributed by atoms with Gasteiger partial charge >= 0.3 is 6.09 Å². The predicted molar refractivity (Wildman–Crippen MR) is 72.8 cm³/mol. The van der Waals surface area contributed by atoms with Gasteiger partial charge in [-0.15, -0.1) is 0 Å². The molecule has 18 heavy (non-hydrogen) atoms.